The molecule has 0 aromatic heterocycles. The van der Waals surface area contributed by atoms with Crippen LogP contribution in [0.3, 0.4) is 0 Å². The molecule has 0 aliphatic heterocycles. The van der Waals surface area contributed by atoms with E-state index in [-0.39, 0.29) is 17.6 Å². The smallest absolute Gasteiger partial charge is 0.100 e. The van der Waals surface area contributed by atoms with E-state index in [2.05, 4.69) is 0 Å². The summed E-state index contributed by atoms with van der Waals surface area (Å²) in [6.07, 6.45) is 8.00. The molecular weight excluding hydrogens is 240 g/mol. The van der Waals surface area contributed by atoms with Gasteiger partial charge in [-0.3, -0.25) is 0 Å². The van der Waals surface area contributed by atoms with Crippen molar-refractivity contribution in [2.24, 2.45) is 0 Å². The molecular formula is C13H23ClO3. The first-order valence-corrected chi connectivity index (χ1v) is 7.15. The Bertz CT molecular complexity index is 219. The minimum atomic E-state index is 0.0637. The molecule has 0 aromatic rings. The molecule has 100 valence electrons. The maximum absolute atomic E-state index is 6.16. The van der Waals surface area contributed by atoms with Gasteiger partial charge in [-0.15, -0.1) is 11.6 Å². The van der Waals surface area contributed by atoms with Gasteiger partial charge in [0.1, 0.15) is 6.10 Å². The first-order valence-electron chi connectivity index (χ1n) is 6.71. The lowest BCUT2D eigenvalue weighted by Crippen LogP contribution is -2.52. The van der Waals surface area contributed by atoms with Gasteiger partial charge >= 0.3 is 0 Å². The van der Waals surface area contributed by atoms with Crippen molar-refractivity contribution < 1.29 is 14.2 Å². The summed E-state index contributed by atoms with van der Waals surface area (Å²) in [5.74, 6) is 0. The van der Waals surface area contributed by atoms with E-state index >= 15 is 0 Å². The van der Waals surface area contributed by atoms with Crippen molar-refractivity contribution >= 4 is 11.6 Å². The van der Waals surface area contributed by atoms with Gasteiger partial charge in [0.15, 0.2) is 0 Å². The monoisotopic (exact) mass is 262 g/mol. The quantitative estimate of drug-likeness (QED) is 0.544. The van der Waals surface area contributed by atoms with Crippen molar-refractivity contribution in [3.05, 3.63) is 0 Å². The Hall–Kier alpha value is 0.170. The van der Waals surface area contributed by atoms with Gasteiger partial charge in [-0.25, -0.2) is 0 Å². The topological polar surface area (TPSA) is 27.7 Å². The highest BCUT2D eigenvalue weighted by Crippen LogP contribution is 2.34. The fourth-order valence-corrected chi connectivity index (χ4v) is 3.00. The summed E-state index contributed by atoms with van der Waals surface area (Å²) in [4.78, 5) is 0. The zero-order chi connectivity index (χ0) is 12.1. The first kappa shape index (κ1) is 13.6. The maximum Gasteiger partial charge on any atom is 0.100 e. The number of halogens is 1. The van der Waals surface area contributed by atoms with E-state index in [0.717, 1.165) is 6.42 Å². The van der Waals surface area contributed by atoms with E-state index in [4.69, 9.17) is 25.8 Å². The molecule has 0 N–H and O–H groups in total. The van der Waals surface area contributed by atoms with E-state index < -0.39 is 0 Å². The van der Waals surface area contributed by atoms with Crippen molar-refractivity contribution in [3.8, 4) is 0 Å². The Kier molecular flexibility index (Phi) is 5.54. The number of methoxy groups -OCH3 is 1. The number of hydrogen-bond donors (Lipinski definition) is 0. The number of hydrogen-bond acceptors (Lipinski definition) is 3. The zero-order valence-corrected chi connectivity index (χ0v) is 11.3. The number of alkyl halides is 1. The highest BCUT2D eigenvalue weighted by atomic mass is 35.5. The largest absolute Gasteiger partial charge is 0.382 e. The van der Waals surface area contributed by atoms with Crippen LogP contribution in [0.5, 0.6) is 0 Å². The van der Waals surface area contributed by atoms with Crippen LogP contribution in [-0.2, 0) is 14.2 Å². The third-order valence-corrected chi connectivity index (χ3v) is 4.12. The van der Waals surface area contributed by atoms with Crippen molar-refractivity contribution in [3.63, 3.8) is 0 Å². The lowest BCUT2D eigenvalue weighted by atomic mass is 9.89. The third kappa shape index (κ3) is 3.82. The third-order valence-electron chi connectivity index (χ3n) is 3.70. The lowest BCUT2D eigenvalue weighted by Gasteiger charge is -2.42. The molecule has 3 unspecified atom stereocenters. The molecule has 2 aliphatic rings. The summed E-state index contributed by atoms with van der Waals surface area (Å²) in [6.45, 7) is 1.23. The fraction of sp³-hybridized carbons (Fsp3) is 1.00. The van der Waals surface area contributed by atoms with E-state index in [1.54, 1.807) is 7.11 Å². The molecule has 0 bridgehead atoms. The highest BCUT2D eigenvalue weighted by Gasteiger charge is 2.42. The predicted molar refractivity (Wildman–Crippen MR) is 67.6 cm³/mol. The molecule has 0 aromatic carbocycles. The second kappa shape index (κ2) is 6.93. The molecule has 4 heteroatoms. The summed E-state index contributed by atoms with van der Waals surface area (Å²) < 4.78 is 16.8. The van der Waals surface area contributed by atoms with Gasteiger partial charge in [0.05, 0.1) is 30.8 Å². The van der Waals surface area contributed by atoms with Gasteiger partial charge in [-0.2, -0.15) is 0 Å². The van der Waals surface area contributed by atoms with E-state index in [0.29, 0.717) is 19.3 Å². The molecule has 3 nitrogen and oxygen atoms in total. The highest BCUT2D eigenvalue weighted by molar-refractivity contribution is 6.21. The van der Waals surface area contributed by atoms with Gasteiger partial charge in [0.2, 0.25) is 0 Å². The van der Waals surface area contributed by atoms with Crippen molar-refractivity contribution in [2.45, 2.75) is 62.2 Å². The van der Waals surface area contributed by atoms with Gasteiger partial charge in [-0.05, 0) is 19.3 Å². The SMILES string of the molecule is COCCOC1C(Cl)CC1OC1CCCCC1. The fourth-order valence-electron chi connectivity index (χ4n) is 2.59. The van der Waals surface area contributed by atoms with Crippen molar-refractivity contribution in [1.29, 1.82) is 0 Å². The summed E-state index contributed by atoms with van der Waals surface area (Å²) >= 11 is 6.16. The standard InChI is InChI=1S/C13H23ClO3/c1-15-7-8-16-13-11(14)9-12(13)17-10-5-3-2-4-6-10/h10-13H,2-9H2,1H3. The van der Waals surface area contributed by atoms with Gasteiger partial charge in [-0.1, -0.05) is 19.3 Å². The minimum Gasteiger partial charge on any atom is -0.382 e. The molecule has 2 fully saturated rings. The van der Waals surface area contributed by atoms with Crippen LogP contribution in [0.4, 0.5) is 0 Å². The van der Waals surface area contributed by atoms with Crippen LogP contribution in [0.15, 0.2) is 0 Å². The Balaban J connectivity index is 1.68. The maximum atomic E-state index is 6.16. The Morgan fingerprint density at radius 3 is 2.53 bits per heavy atom. The van der Waals surface area contributed by atoms with Crippen LogP contribution in [-0.4, -0.2) is 44.0 Å². The van der Waals surface area contributed by atoms with Crippen LogP contribution in [0, 0.1) is 0 Å². The molecule has 2 aliphatic carbocycles. The molecule has 0 spiro atoms. The van der Waals surface area contributed by atoms with Crippen LogP contribution < -0.4 is 0 Å². The van der Waals surface area contributed by atoms with Crippen molar-refractivity contribution in [2.75, 3.05) is 20.3 Å². The van der Waals surface area contributed by atoms with Crippen LogP contribution in [0.1, 0.15) is 38.5 Å². The normalized spacial score (nSPS) is 34.6. The zero-order valence-electron chi connectivity index (χ0n) is 10.6. The Morgan fingerprint density at radius 1 is 1.12 bits per heavy atom. The summed E-state index contributed by atoms with van der Waals surface area (Å²) in [5.41, 5.74) is 0. The van der Waals surface area contributed by atoms with Crippen molar-refractivity contribution in [1.82, 2.24) is 0 Å². The molecule has 17 heavy (non-hydrogen) atoms. The lowest BCUT2D eigenvalue weighted by molar-refractivity contribution is -0.157. The summed E-state index contributed by atoms with van der Waals surface area (Å²) in [5, 5.41) is 0.112. The predicted octanol–water partition coefficient (Wildman–Crippen LogP) is 2.75. The Morgan fingerprint density at radius 2 is 1.88 bits per heavy atom. The Labute approximate surface area is 109 Å². The van der Waals surface area contributed by atoms with Crippen LogP contribution in [0.25, 0.3) is 0 Å². The van der Waals surface area contributed by atoms with Gasteiger partial charge < -0.3 is 14.2 Å². The molecule has 2 saturated carbocycles. The van der Waals surface area contributed by atoms with Gasteiger partial charge in [0, 0.05) is 7.11 Å². The molecule has 0 amide bonds. The summed E-state index contributed by atoms with van der Waals surface area (Å²) in [7, 11) is 1.68. The molecule has 0 radical (unpaired) electrons. The first-order chi connectivity index (χ1) is 8.31. The minimum absolute atomic E-state index is 0.0637. The van der Waals surface area contributed by atoms with E-state index in [1.807, 2.05) is 0 Å². The molecule has 0 saturated heterocycles. The molecule has 2 rings (SSSR count). The summed E-state index contributed by atoms with van der Waals surface area (Å²) in [6, 6.07) is 0. The molecule has 0 heterocycles. The van der Waals surface area contributed by atoms with Crippen LogP contribution in [0.2, 0.25) is 0 Å². The average Bonchev–Trinajstić information content (AvgIpc) is 2.35. The number of ether oxygens (including phenoxy) is 3. The average molecular weight is 263 g/mol. The molecule has 3 atom stereocenters. The second-order valence-electron chi connectivity index (χ2n) is 5.01. The van der Waals surface area contributed by atoms with Gasteiger partial charge in [0.25, 0.3) is 0 Å². The number of rotatable bonds is 6. The van der Waals surface area contributed by atoms with E-state index in [9.17, 15) is 0 Å². The second-order valence-corrected chi connectivity index (χ2v) is 5.58. The van der Waals surface area contributed by atoms with E-state index in [1.165, 1.54) is 32.1 Å². The van der Waals surface area contributed by atoms with Crippen LogP contribution >= 0.6 is 11.6 Å².